The molecule has 0 aromatic heterocycles. The lowest BCUT2D eigenvalue weighted by Crippen LogP contribution is -2.63. The molecule has 1 fully saturated rings. The lowest BCUT2D eigenvalue weighted by molar-refractivity contribution is -0.160. The standard InChI is InChI=1S/C24H27N3O9/c1-3-6-26-23(35)27-11-5-4-9-8(2)13-16(19(31)14(9)18(11)30)21(33)24(36)10(17(13)29)7-12(28)15(20(24)32)22(25)34/h4-5,8,10,13,17,29-32,36H,3,6-7H2,1-2H3,(H2,25,34)(H2,26,27,35)/t8-,10+,13+,17+,24+/m0/s1. The molecule has 0 bridgehead atoms. The molecule has 3 aliphatic carbocycles. The van der Waals surface area contributed by atoms with Gasteiger partial charge in [-0.05, 0) is 24.0 Å². The van der Waals surface area contributed by atoms with Crippen LogP contribution in [0.25, 0.3) is 5.76 Å². The van der Waals surface area contributed by atoms with Crippen LogP contribution in [0.1, 0.15) is 43.7 Å². The van der Waals surface area contributed by atoms with Crippen molar-refractivity contribution in [2.24, 2.45) is 17.6 Å². The van der Waals surface area contributed by atoms with E-state index in [-0.39, 0.29) is 11.3 Å². The van der Waals surface area contributed by atoms with Crippen molar-refractivity contribution in [3.8, 4) is 5.75 Å². The fourth-order valence-electron chi connectivity index (χ4n) is 5.50. The molecule has 0 saturated heterocycles. The zero-order valence-corrected chi connectivity index (χ0v) is 19.5. The third-order valence-corrected chi connectivity index (χ3v) is 7.28. The lowest BCUT2D eigenvalue weighted by Gasteiger charge is -2.50. The number of rotatable bonds is 4. The number of aliphatic hydroxyl groups is 4. The molecule has 1 aromatic rings. The van der Waals surface area contributed by atoms with E-state index in [9.17, 15) is 44.7 Å². The number of fused-ring (bicyclic) bond motifs is 3. The van der Waals surface area contributed by atoms with Gasteiger partial charge in [0.1, 0.15) is 22.8 Å². The topological polar surface area (TPSA) is 220 Å². The summed E-state index contributed by atoms with van der Waals surface area (Å²) >= 11 is 0. The number of urea groups is 1. The van der Waals surface area contributed by atoms with E-state index in [1.807, 2.05) is 6.92 Å². The van der Waals surface area contributed by atoms with Crippen LogP contribution in [0, 0.1) is 11.8 Å². The largest absolute Gasteiger partial charge is 0.508 e. The SMILES string of the molecule is CCCNC(=O)Nc1ccc2c(c1O)C(O)=C1C(=O)[C@]3(O)C(O)=C(C(N)=O)C(=O)C[C@@H]3[C@@H](O)[C@@H]1[C@H]2C. The first kappa shape index (κ1) is 25.2. The first-order valence-electron chi connectivity index (χ1n) is 11.4. The van der Waals surface area contributed by atoms with E-state index < -0.39 is 87.8 Å². The number of aliphatic hydroxyl groups excluding tert-OH is 3. The second-order valence-electron chi connectivity index (χ2n) is 9.29. The van der Waals surface area contributed by atoms with Crippen LogP contribution < -0.4 is 16.4 Å². The highest BCUT2D eigenvalue weighted by Crippen LogP contribution is 2.56. The van der Waals surface area contributed by atoms with E-state index in [1.165, 1.54) is 12.1 Å². The molecule has 12 nitrogen and oxygen atoms in total. The summed E-state index contributed by atoms with van der Waals surface area (Å²) in [5.74, 6) is -9.47. The number of ketones is 2. The minimum Gasteiger partial charge on any atom is -0.508 e. The normalized spacial score (nSPS) is 29.3. The Morgan fingerprint density at radius 1 is 1.19 bits per heavy atom. The van der Waals surface area contributed by atoms with E-state index in [4.69, 9.17) is 5.73 Å². The monoisotopic (exact) mass is 501 g/mol. The van der Waals surface area contributed by atoms with Gasteiger partial charge in [-0.1, -0.05) is 19.9 Å². The van der Waals surface area contributed by atoms with Crippen molar-refractivity contribution in [3.63, 3.8) is 0 Å². The molecule has 0 unspecified atom stereocenters. The number of benzene rings is 1. The number of Topliss-reactive ketones (excluding diaryl/α,β-unsaturated/α-hetero) is 2. The number of phenols is 1. The van der Waals surface area contributed by atoms with Crippen molar-refractivity contribution in [2.45, 2.75) is 44.3 Å². The Balaban J connectivity index is 1.88. The summed E-state index contributed by atoms with van der Waals surface area (Å²) in [7, 11) is 0. The maximum atomic E-state index is 13.6. The fourth-order valence-corrected chi connectivity index (χ4v) is 5.50. The Bertz CT molecular complexity index is 1270. The highest BCUT2D eigenvalue weighted by Gasteiger charge is 2.64. The van der Waals surface area contributed by atoms with E-state index >= 15 is 0 Å². The number of aromatic hydroxyl groups is 1. The second kappa shape index (κ2) is 8.64. The van der Waals surface area contributed by atoms with Gasteiger partial charge in [-0.15, -0.1) is 0 Å². The highest BCUT2D eigenvalue weighted by molar-refractivity contribution is 6.23. The summed E-state index contributed by atoms with van der Waals surface area (Å²) in [6, 6.07) is 2.30. The predicted octanol–water partition coefficient (Wildman–Crippen LogP) is 0.487. The van der Waals surface area contributed by atoms with Gasteiger partial charge in [0.25, 0.3) is 5.91 Å². The van der Waals surface area contributed by atoms with Gasteiger partial charge in [0.05, 0.1) is 17.4 Å². The number of nitrogens with one attached hydrogen (secondary N) is 2. The number of hydrogen-bond acceptors (Lipinski definition) is 9. The van der Waals surface area contributed by atoms with Gasteiger partial charge in [0.15, 0.2) is 11.4 Å². The van der Waals surface area contributed by atoms with Gasteiger partial charge < -0.3 is 41.9 Å². The third-order valence-electron chi connectivity index (χ3n) is 7.28. The number of nitrogens with two attached hydrogens (primary N) is 1. The van der Waals surface area contributed by atoms with Crippen LogP contribution in [0.15, 0.2) is 29.0 Å². The first-order valence-corrected chi connectivity index (χ1v) is 11.4. The third kappa shape index (κ3) is 3.36. The van der Waals surface area contributed by atoms with Crippen molar-refractivity contribution in [2.75, 3.05) is 11.9 Å². The van der Waals surface area contributed by atoms with Crippen LogP contribution in [0.4, 0.5) is 10.5 Å². The predicted molar refractivity (Wildman–Crippen MR) is 125 cm³/mol. The number of hydrogen-bond donors (Lipinski definition) is 8. The van der Waals surface area contributed by atoms with Gasteiger partial charge in [0.2, 0.25) is 5.78 Å². The lowest BCUT2D eigenvalue weighted by atomic mass is 9.55. The molecule has 0 spiro atoms. The molecular weight excluding hydrogens is 474 g/mol. The summed E-state index contributed by atoms with van der Waals surface area (Å²) in [5, 5.41) is 60.2. The van der Waals surface area contributed by atoms with Gasteiger partial charge in [0, 0.05) is 30.4 Å². The molecule has 1 aromatic carbocycles. The Labute approximate surface area is 205 Å². The Morgan fingerprint density at radius 3 is 2.47 bits per heavy atom. The Morgan fingerprint density at radius 2 is 1.86 bits per heavy atom. The minimum absolute atomic E-state index is 0.0671. The number of phenolic OH excluding ortho intramolecular Hbond substituents is 1. The van der Waals surface area contributed by atoms with E-state index in [1.54, 1.807) is 6.92 Å². The van der Waals surface area contributed by atoms with E-state index in [0.717, 1.165) is 0 Å². The molecule has 4 rings (SSSR count). The minimum atomic E-state index is -2.90. The number of primary amides is 1. The van der Waals surface area contributed by atoms with Gasteiger partial charge in [-0.25, -0.2) is 4.79 Å². The van der Waals surface area contributed by atoms with Gasteiger partial charge in [-0.3, -0.25) is 14.4 Å². The maximum absolute atomic E-state index is 13.6. The molecule has 0 heterocycles. The zero-order valence-electron chi connectivity index (χ0n) is 19.5. The fraction of sp³-hybridized carbons (Fsp3) is 0.417. The van der Waals surface area contributed by atoms with E-state index in [0.29, 0.717) is 18.5 Å². The number of anilines is 1. The molecule has 3 amide bonds. The Kier molecular flexibility index (Phi) is 6.05. The molecule has 12 heteroatoms. The second-order valence-corrected chi connectivity index (χ2v) is 9.29. The quantitative estimate of drug-likeness (QED) is 0.212. The van der Waals surface area contributed by atoms with Crippen LogP contribution in [0.5, 0.6) is 5.75 Å². The molecule has 36 heavy (non-hydrogen) atoms. The van der Waals surface area contributed by atoms with Crippen LogP contribution in [-0.4, -0.2) is 67.3 Å². The van der Waals surface area contributed by atoms with Crippen molar-refractivity contribution in [1.82, 2.24) is 5.32 Å². The van der Waals surface area contributed by atoms with Gasteiger partial charge in [-0.2, -0.15) is 0 Å². The molecule has 1 saturated carbocycles. The summed E-state index contributed by atoms with van der Waals surface area (Å²) in [6.45, 7) is 3.85. The van der Waals surface area contributed by atoms with Crippen molar-refractivity contribution >= 4 is 35.0 Å². The number of carbonyl (C=O) groups excluding carboxylic acids is 4. The van der Waals surface area contributed by atoms with Crippen LogP contribution in [-0.2, 0) is 14.4 Å². The van der Waals surface area contributed by atoms with Crippen LogP contribution in [0.2, 0.25) is 0 Å². The highest BCUT2D eigenvalue weighted by atomic mass is 16.4. The maximum Gasteiger partial charge on any atom is 0.319 e. The van der Waals surface area contributed by atoms with Crippen LogP contribution in [0.3, 0.4) is 0 Å². The van der Waals surface area contributed by atoms with Crippen molar-refractivity contribution < 1.29 is 44.7 Å². The average molecular weight is 501 g/mol. The molecule has 0 radical (unpaired) electrons. The first-order chi connectivity index (χ1) is 16.9. The summed E-state index contributed by atoms with van der Waals surface area (Å²) in [6.07, 6.45) is -1.57. The smallest absolute Gasteiger partial charge is 0.319 e. The van der Waals surface area contributed by atoms with Gasteiger partial charge >= 0.3 is 6.03 Å². The Hall–Kier alpha value is -3.90. The summed E-state index contributed by atoms with van der Waals surface area (Å²) < 4.78 is 0. The van der Waals surface area contributed by atoms with Crippen molar-refractivity contribution in [1.29, 1.82) is 0 Å². The summed E-state index contributed by atoms with van der Waals surface area (Å²) in [5.41, 5.74) is 0.892. The van der Waals surface area contributed by atoms with E-state index in [2.05, 4.69) is 10.6 Å². The molecule has 9 N–H and O–H groups in total. The molecule has 0 aliphatic heterocycles. The number of amides is 3. The average Bonchev–Trinajstić information content (AvgIpc) is 2.81. The van der Waals surface area contributed by atoms with Crippen molar-refractivity contribution in [3.05, 3.63) is 40.2 Å². The zero-order chi connectivity index (χ0) is 26.7. The molecular formula is C24H27N3O9. The molecule has 192 valence electrons. The summed E-state index contributed by atoms with van der Waals surface area (Å²) in [4.78, 5) is 49.9. The molecule has 5 atom stereocenters. The van der Waals surface area contributed by atoms with Crippen LogP contribution >= 0.6 is 0 Å². The number of carbonyl (C=O) groups is 4. The molecule has 3 aliphatic rings.